The van der Waals surface area contributed by atoms with E-state index < -0.39 is 10.0 Å². The van der Waals surface area contributed by atoms with E-state index in [0.717, 1.165) is 23.0 Å². The molecule has 0 aliphatic rings. The number of nitrogens with one attached hydrogen (secondary N) is 1. The fraction of sp³-hybridized carbons (Fsp3) is 0.0526. The number of benzene rings is 3. The molecule has 24 heavy (non-hydrogen) atoms. The zero-order valence-electron chi connectivity index (χ0n) is 13.1. The van der Waals surface area contributed by atoms with Crippen LogP contribution >= 0.6 is 0 Å². The maximum atomic E-state index is 11.3. The van der Waals surface area contributed by atoms with Crippen LogP contribution in [0.4, 0.5) is 5.69 Å². The molecule has 0 amide bonds. The molecule has 5 heteroatoms. The van der Waals surface area contributed by atoms with E-state index in [1.54, 1.807) is 12.1 Å². The lowest BCUT2D eigenvalue weighted by Gasteiger charge is -2.09. The second kappa shape index (κ2) is 5.39. The van der Waals surface area contributed by atoms with Crippen LogP contribution in [0.2, 0.25) is 0 Å². The van der Waals surface area contributed by atoms with Gasteiger partial charge in [0.25, 0.3) is 0 Å². The highest BCUT2D eigenvalue weighted by Gasteiger charge is 2.11. The van der Waals surface area contributed by atoms with E-state index in [2.05, 4.69) is 33.6 Å². The molecule has 0 saturated heterocycles. The third-order valence-corrected chi connectivity index (χ3v) is 4.62. The minimum absolute atomic E-state index is 0.557. The number of para-hydroxylation sites is 2. The van der Waals surface area contributed by atoms with Crippen LogP contribution in [0.1, 0.15) is 0 Å². The van der Waals surface area contributed by atoms with Crippen molar-refractivity contribution in [3.05, 3.63) is 72.8 Å². The minimum atomic E-state index is -3.27. The maximum Gasteiger partial charge on any atom is 0.229 e. The molecule has 1 heterocycles. The van der Waals surface area contributed by atoms with Crippen LogP contribution in [0.5, 0.6) is 0 Å². The van der Waals surface area contributed by atoms with Crippen LogP contribution in [-0.2, 0) is 10.0 Å². The first-order chi connectivity index (χ1) is 11.5. The van der Waals surface area contributed by atoms with Gasteiger partial charge in [-0.1, -0.05) is 36.4 Å². The van der Waals surface area contributed by atoms with Gasteiger partial charge in [-0.25, -0.2) is 8.42 Å². The van der Waals surface area contributed by atoms with Gasteiger partial charge in [0, 0.05) is 22.1 Å². The van der Waals surface area contributed by atoms with Crippen molar-refractivity contribution in [2.75, 3.05) is 11.0 Å². The fourth-order valence-electron chi connectivity index (χ4n) is 3.09. The Morgan fingerprint density at radius 2 is 1.25 bits per heavy atom. The Kier molecular flexibility index (Phi) is 3.32. The van der Waals surface area contributed by atoms with E-state index in [1.165, 1.54) is 10.8 Å². The van der Waals surface area contributed by atoms with E-state index in [9.17, 15) is 8.42 Å². The highest BCUT2D eigenvalue weighted by atomic mass is 32.2. The van der Waals surface area contributed by atoms with Crippen molar-refractivity contribution >= 4 is 37.5 Å². The van der Waals surface area contributed by atoms with Crippen molar-refractivity contribution in [3.8, 4) is 5.69 Å². The topological polar surface area (TPSA) is 51.1 Å². The van der Waals surface area contributed by atoms with Crippen molar-refractivity contribution in [1.82, 2.24) is 4.57 Å². The third-order valence-electron chi connectivity index (χ3n) is 4.01. The van der Waals surface area contributed by atoms with Crippen LogP contribution in [0.25, 0.3) is 27.5 Å². The maximum absolute atomic E-state index is 11.3. The lowest BCUT2D eigenvalue weighted by Crippen LogP contribution is -2.09. The number of hydrogen-bond donors (Lipinski definition) is 1. The summed E-state index contributed by atoms with van der Waals surface area (Å²) in [4.78, 5) is 0. The second-order valence-corrected chi connectivity index (χ2v) is 7.54. The predicted molar refractivity (Wildman–Crippen MR) is 99.2 cm³/mol. The molecule has 0 atom stereocenters. The predicted octanol–water partition coefficient (Wildman–Crippen LogP) is 4.16. The van der Waals surface area contributed by atoms with E-state index in [0.29, 0.717) is 5.69 Å². The monoisotopic (exact) mass is 336 g/mol. The average molecular weight is 336 g/mol. The summed E-state index contributed by atoms with van der Waals surface area (Å²) in [5.74, 6) is 0. The summed E-state index contributed by atoms with van der Waals surface area (Å²) in [5, 5.41) is 2.40. The van der Waals surface area contributed by atoms with Crippen molar-refractivity contribution in [3.63, 3.8) is 0 Å². The van der Waals surface area contributed by atoms with Crippen LogP contribution < -0.4 is 4.72 Å². The van der Waals surface area contributed by atoms with Gasteiger partial charge in [-0.05, 0) is 36.4 Å². The molecule has 0 bridgehead atoms. The van der Waals surface area contributed by atoms with Crippen LogP contribution in [-0.4, -0.2) is 19.2 Å². The van der Waals surface area contributed by atoms with Crippen LogP contribution in [0, 0.1) is 0 Å². The molecule has 120 valence electrons. The van der Waals surface area contributed by atoms with Crippen LogP contribution in [0.15, 0.2) is 72.8 Å². The molecule has 3 aromatic carbocycles. The van der Waals surface area contributed by atoms with Crippen molar-refractivity contribution < 1.29 is 8.42 Å². The van der Waals surface area contributed by atoms with E-state index in [4.69, 9.17) is 0 Å². The molecule has 0 unspecified atom stereocenters. The molecule has 0 saturated carbocycles. The zero-order valence-corrected chi connectivity index (χ0v) is 13.9. The van der Waals surface area contributed by atoms with Gasteiger partial charge in [-0.15, -0.1) is 0 Å². The molecule has 1 N–H and O–H groups in total. The zero-order chi connectivity index (χ0) is 16.7. The molecule has 4 rings (SSSR count). The first kappa shape index (κ1) is 14.8. The molecular weight excluding hydrogens is 320 g/mol. The first-order valence-electron chi connectivity index (χ1n) is 7.59. The minimum Gasteiger partial charge on any atom is -0.309 e. The summed E-state index contributed by atoms with van der Waals surface area (Å²) in [6.07, 6.45) is 1.15. The van der Waals surface area contributed by atoms with Gasteiger partial charge in [0.15, 0.2) is 0 Å². The fourth-order valence-corrected chi connectivity index (χ4v) is 3.66. The van der Waals surface area contributed by atoms with Gasteiger partial charge in [0.05, 0.1) is 17.3 Å². The van der Waals surface area contributed by atoms with E-state index >= 15 is 0 Å². The smallest absolute Gasteiger partial charge is 0.229 e. The number of sulfonamides is 1. The SMILES string of the molecule is CS(=O)(=O)Nc1ccc(-n2c3ccccc3c3ccccc32)cc1. The molecule has 1 aromatic heterocycles. The Bertz CT molecular complexity index is 1090. The molecule has 0 aliphatic carbocycles. The van der Waals surface area contributed by atoms with E-state index in [-0.39, 0.29) is 0 Å². The largest absolute Gasteiger partial charge is 0.309 e. The molecule has 0 spiro atoms. The summed E-state index contributed by atoms with van der Waals surface area (Å²) in [6, 6.07) is 24.0. The lowest BCUT2D eigenvalue weighted by molar-refractivity contribution is 0.607. The summed E-state index contributed by atoms with van der Waals surface area (Å²) in [5.41, 5.74) is 3.80. The van der Waals surface area contributed by atoms with Crippen LogP contribution in [0.3, 0.4) is 0 Å². The van der Waals surface area contributed by atoms with Gasteiger partial charge in [-0.2, -0.15) is 0 Å². The Labute approximate surface area is 140 Å². The quantitative estimate of drug-likeness (QED) is 0.611. The molecule has 4 aromatic rings. The molecule has 0 fully saturated rings. The second-order valence-electron chi connectivity index (χ2n) is 5.79. The number of rotatable bonds is 3. The van der Waals surface area contributed by atoms with Gasteiger partial charge in [0.2, 0.25) is 10.0 Å². The molecule has 0 aliphatic heterocycles. The number of nitrogens with zero attached hydrogens (tertiary/aromatic N) is 1. The summed E-state index contributed by atoms with van der Waals surface area (Å²) in [6.45, 7) is 0. The molecule has 0 radical (unpaired) electrons. The standard InChI is InChI=1S/C19H16N2O2S/c1-24(22,23)20-14-10-12-15(13-11-14)21-18-8-4-2-6-16(18)17-7-3-5-9-19(17)21/h2-13,20H,1H3. The first-order valence-corrected chi connectivity index (χ1v) is 9.48. The number of anilines is 1. The van der Waals surface area contributed by atoms with E-state index in [1.807, 2.05) is 36.4 Å². The summed E-state index contributed by atoms with van der Waals surface area (Å²) in [7, 11) is -3.27. The number of hydrogen-bond acceptors (Lipinski definition) is 2. The molecular formula is C19H16N2O2S. The summed E-state index contributed by atoms with van der Waals surface area (Å²) < 4.78 is 27.4. The highest BCUT2D eigenvalue weighted by molar-refractivity contribution is 7.92. The Balaban J connectivity index is 1.92. The average Bonchev–Trinajstić information content (AvgIpc) is 2.89. The third kappa shape index (κ3) is 2.53. The summed E-state index contributed by atoms with van der Waals surface area (Å²) >= 11 is 0. The van der Waals surface area contributed by atoms with Gasteiger partial charge in [0.1, 0.15) is 0 Å². The highest BCUT2D eigenvalue weighted by Crippen LogP contribution is 2.31. The Morgan fingerprint density at radius 3 is 1.75 bits per heavy atom. The lowest BCUT2D eigenvalue weighted by atomic mass is 10.2. The van der Waals surface area contributed by atoms with Gasteiger partial charge in [-0.3, -0.25) is 4.72 Å². The van der Waals surface area contributed by atoms with Crippen molar-refractivity contribution in [2.24, 2.45) is 0 Å². The number of aromatic nitrogens is 1. The number of fused-ring (bicyclic) bond motifs is 3. The van der Waals surface area contributed by atoms with Gasteiger partial charge >= 0.3 is 0 Å². The Morgan fingerprint density at radius 1 is 0.750 bits per heavy atom. The Hall–Kier alpha value is -2.79. The van der Waals surface area contributed by atoms with Crippen molar-refractivity contribution in [1.29, 1.82) is 0 Å². The normalized spacial score (nSPS) is 11.9. The molecule has 4 nitrogen and oxygen atoms in total. The van der Waals surface area contributed by atoms with Crippen molar-refractivity contribution in [2.45, 2.75) is 0 Å². The van der Waals surface area contributed by atoms with Gasteiger partial charge < -0.3 is 4.57 Å².